The largest absolute Gasteiger partial charge is 0.478 e. The van der Waals surface area contributed by atoms with E-state index in [1.54, 1.807) is 18.2 Å². The first-order chi connectivity index (χ1) is 9.52. The Labute approximate surface area is 118 Å². The van der Waals surface area contributed by atoms with Crippen molar-refractivity contribution in [3.63, 3.8) is 0 Å². The molecule has 108 valence electrons. The van der Waals surface area contributed by atoms with Gasteiger partial charge in [0.2, 0.25) is 0 Å². The molecule has 0 aliphatic heterocycles. The Bertz CT molecular complexity index is 617. The Morgan fingerprint density at radius 1 is 1.45 bits per heavy atom. The number of aryl methyl sites for hydroxylation is 1. The minimum Gasteiger partial charge on any atom is -0.478 e. The zero-order valence-corrected chi connectivity index (χ0v) is 12.1. The van der Waals surface area contributed by atoms with Gasteiger partial charge in [0.25, 0.3) is 0 Å². The standard InChI is InChI=1S/C15H20N2O3/c1-4-14-16-12-6-5-11(15(18)19)9-13(12)17(14)7-8-20-10(2)3/h5-6,9-10H,4,7-8H2,1-3H3,(H,18,19). The van der Waals surface area contributed by atoms with E-state index in [2.05, 4.69) is 4.98 Å². The molecule has 0 amide bonds. The molecule has 5 heteroatoms. The summed E-state index contributed by atoms with van der Waals surface area (Å²) >= 11 is 0. The first kappa shape index (κ1) is 14.5. The number of nitrogens with zero attached hydrogens (tertiary/aromatic N) is 2. The molecule has 0 unspecified atom stereocenters. The molecule has 0 saturated heterocycles. The van der Waals surface area contributed by atoms with Crippen LogP contribution in [0.4, 0.5) is 0 Å². The third-order valence-corrected chi connectivity index (χ3v) is 3.16. The molecule has 0 bridgehead atoms. The molecule has 0 aliphatic rings. The van der Waals surface area contributed by atoms with E-state index in [-0.39, 0.29) is 11.7 Å². The Balaban J connectivity index is 2.37. The molecule has 5 nitrogen and oxygen atoms in total. The van der Waals surface area contributed by atoms with Crippen LogP contribution in [0.5, 0.6) is 0 Å². The first-order valence-electron chi connectivity index (χ1n) is 6.87. The van der Waals surface area contributed by atoms with Crippen LogP contribution in [-0.4, -0.2) is 33.3 Å². The lowest BCUT2D eigenvalue weighted by Crippen LogP contribution is -2.12. The van der Waals surface area contributed by atoms with Gasteiger partial charge in [0, 0.05) is 13.0 Å². The second-order valence-corrected chi connectivity index (χ2v) is 4.96. The third-order valence-electron chi connectivity index (χ3n) is 3.16. The summed E-state index contributed by atoms with van der Waals surface area (Å²) in [5, 5.41) is 9.09. The number of rotatable bonds is 6. The summed E-state index contributed by atoms with van der Waals surface area (Å²) in [5.41, 5.74) is 1.97. The lowest BCUT2D eigenvalue weighted by Gasteiger charge is -2.11. The van der Waals surface area contributed by atoms with E-state index in [9.17, 15) is 4.79 Å². The number of aromatic nitrogens is 2. The van der Waals surface area contributed by atoms with Crippen LogP contribution in [0.25, 0.3) is 11.0 Å². The summed E-state index contributed by atoms with van der Waals surface area (Å²) in [7, 11) is 0. The molecule has 1 heterocycles. The highest BCUT2D eigenvalue weighted by Gasteiger charge is 2.12. The SMILES string of the molecule is CCc1nc2ccc(C(=O)O)cc2n1CCOC(C)C. The molecule has 20 heavy (non-hydrogen) atoms. The fourth-order valence-corrected chi connectivity index (χ4v) is 2.20. The summed E-state index contributed by atoms with van der Waals surface area (Å²) in [4.78, 5) is 15.6. The number of benzene rings is 1. The highest BCUT2D eigenvalue weighted by Crippen LogP contribution is 2.19. The van der Waals surface area contributed by atoms with Crippen LogP contribution >= 0.6 is 0 Å². The van der Waals surface area contributed by atoms with Crippen molar-refractivity contribution in [2.75, 3.05) is 6.61 Å². The summed E-state index contributed by atoms with van der Waals surface area (Å²) in [6.45, 7) is 7.30. The van der Waals surface area contributed by atoms with E-state index in [1.807, 2.05) is 25.3 Å². The van der Waals surface area contributed by atoms with Crippen LogP contribution in [0.2, 0.25) is 0 Å². The normalized spacial score (nSPS) is 11.4. The van der Waals surface area contributed by atoms with Crippen LogP contribution in [-0.2, 0) is 17.7 Å². The third kappa shape index (κ3) is 2.99. The van der Waals surface area contributed by atoms with Crippen LogP contribution in [0.15, 0.2) is 18.2 Å². The molecule has 1 aromatic carbocycles. The van der Waals surface area contributed by atoms with E-state index in [0.29, 0.717) is 13.2 Å². The fraction of sp³-hybridized carbons (Fsp3) is 0.467. The summed E-state index contributed by atoms with van der Waals surface area (Å²) < 4.78 is 7.62. The molecule has 0 aliphatic carbocycles. The van der Waals surface area contributed by atoms with Crippen molar-refractivity contribution in [3.05, 3.63) is 29.6 Å². The van der Waals surface area contributed by atoms with Crippen LogP contribution in [0.1, 0.15) is 37.0 Å². The van der Waals surface area contributed by atoms with Gasteiger partial charge < -0.3 is 14.4 Å². The molecule has 0 fully saturated rings. The molecule has 2 aromatic rings. The maximum Gasteiger partial charge on any atom is 0.335 e. The Morgan fingerprint density at radius 2 is 2.20 bits per heavy atom. The van der Waals surface area contributed by atoms with E-state index in [0.717, 1.165) is 23.3 Å². The van der Waals surface area contributed by atoms with Crippen molar-refractivity contribution in [2.24, 2.45) is 0 Å². The predicted molar refractivity (Wildman–Crippen MR) is 77.2 cm³/mol. The summed E-state index contributed by atoms with van der Waals surface area (Å²) in [6, 6.07) is 5.03. The molecular weight excluding hydrogens is 256 g/mol. The van der Waals surface area contributed by atoms with Crippen LogP contribution in [0, 0.1) is 0 Å². The molecule has 0 atom stereocenters. The Kier molecular flexibility index (Phi) is 4.39. The Morgan fingerprint density at radius 3 is 2.80 bits per heavy atom. The summed E-state index contributed by atoms with van der Waals surface area (Å²) in [5.74, 6) is 0.0334. The molecule has 0 saturated carbocycles. The number of carbonyl (C=O) groups is 1. The van der Waals surface area contributed by atoms with Gasteiger partial charge >= 0.3 is 5.97 Å². The number of hydrogen-bond donors (Lipinski definition) is 1. The van der Waals surface area contributed by atoms with Gasteiger partial charge in [-0.2, -0.15) is 0 Å². The average molecular weight is 276 g/mol. The quantitative estimate of drug-likeness (QED) is 0.881. The van der Waals surface area contributed by atoms with Gasteiger partial charge in [0.15, 0.2) is 0 Å². The van der Waals surface area contributed by atoms with Crippen LogP contribution in [0.3, 0.4) is 0 Å². The topological polar surface area (TPSA) is 64.3 Å². The number of hydrogen-bond acceptors (Lipinski definition) is 3. The smallest absolute Gasteiger partial charge is 0.335 e. The Hall–Kier alpha value is -1.88. The zero-order chi connectivity index (χ0) is 14.7. The number of imidazole rings is 1. The maximum atomic E-state index is 11.1. The number of ether oxygens (including phenoxy) is 1. The van der Waals surface area contributed by atoms with E-state index in [4.69, 9.17) is 9.84 Å². The molecule has 1 aromatic heterocycles. The van der Waals surface area contributed by atoms with Crippen molar-refractivity contribution in [1.29, 1.82) is 0 Å². The average Bonchev–Trinajstić information content (AvgIpc) is 2.75. The molecule has 1 N–H and O–H groups in total. The molecule has 0 radical (unpaired) electrons. The van der Waals surface area contributed by atoms with Gasteiger partial charge in [-0.05, 0) is 32.0 Å². The predicted octanol–water partition coefficient (Wildman–Crippen LogP) is 2.72. The van der Waals surface area contributed by atoms with Gasteiger partial charge in [-0.15, -0.1) is 0 Å². The van der Waals surface area contributed by atoms with Crippen molar-refractivity contribution in [3.8, 4) is 0 Å². The minimum absolute atomic E-state index is 0.185. The van der Waals surface area contributed by atoms with Crippen molar-refractivity contribution < 1.29 is 14.6 Å². The van der Waals surface area contributed by atoms with E-state index < -0.39 is 5.97 Å². The second kappa shape index (κ2) is 6.05. The fourth-order valence-electron chi connectivity index (χ4n) is 2.20. The van der Waals surface area contributed by atoms with Crippen molar-refractivity contribution in [2.45, 2.75) is 39.8 Å². The molecular formula is C15H20N2O3. The van der Waals surface area contributed by atoms with Crippen molar-refractivity contribution >= 4 is 17.0 Å². The number of carboxylic acids is 1. The lowest BCUT2D eigenvalue weighted by atomic mass is 10.2. The monoisotopic (exact) mass is 276 g/mol. The van der Waals surface area contributed by atoms with Gasteiger partial charge in [-0.25, -0.2) is 9.78 Å². The highest BCUT2D eigenvalue weighted by atomic mass is 16.5. The number of carboxylic acid groups (broad SMARTS) is 1. The van der Waals surface area contributed by atoms with E-state index in [1.165, 1.54) is 0 Å². The van der Waals surface area contributed by atoms with Gasteiger partial charge in [0.1, 0.15) is 5.82 Å². The number of fused-ring (bicyclic) bond motifs is 1. The van der Waals surface area contributed by atoms with Gasteiger partial charge in [0.05, 0.1) is 29.3 Å². The summed E-state index contributed by atoms with van der Waals surface area (Å²) in [6.07, 6.45) is 0.989. The minimum atomic E-state index is -0.920. The van der Waals surface area contributed by atoms with Gasteiger partial charge in [-0.1, -0.05) is 6.92 Å². The highest BCUT2D eigenvalue weighted by molar-refractivity contribution is 5.92. The number of aromatic carboxylic acids is 1. The van der Waals surface area contributed by atoms with Gasteiger partial charge in [-0.3, -0.25) is 0 Å². The lowest BCUT2D eigenvalue weighted by molar-refractivity contribution is 0.0697. The van der Waals surface area contributed by atoms with E-state index >= 15 is 0 Å². The molecule has 0 spiro atoms. The maximum absolute atomic E-state index is 11.1. The second-order valence-electron chi connectivity index (χ2n) is 4.96. The molecule has 2 rings (SSSR count). The van der Waals surface area contributed by atoms with Crippen molar-refractivity contribution in [1.82, 2.24) is 9.55 Å². The first-order valence-corrected chi connectivity index (χ1v) is 6.87. The zero-order valence-electron chi connectivity index (χ0n) is 12.1. The van der Waals surface area contributed by atoms with Crippen LogP contribution < -0.4 is 0 Å².